The Morgan fingerprint density at radius 3 is 2.29 bits per heavy atom. The number of hydrogen-bond acceptors (Lipinski definition) is 2. The standard InChI is InChI=1S/C13H20N2O.ClH/c1-9-6-5-7-10(2)12(9)13(16)15-8-11(3)14-4;/h5-7,11,14H,8H2,1-4H3,(H,15,16);1H. The number of aryl methyl sites for hydroxylation is 2. The van der Waals surface area contributed by atoms with Crippen LogP contribution in [0.4, 0.5) is 0 Å². The van der Waals surface area contributed by atoms with Crippen LogP contribution in [0.25, 0.3) is 0 Å². The molecule has 0 aliphatic rings. The van der Waals surface area contributed by atoms with Crippen LogP contribution in [0.3, 0.4) is 0 Å². The molecule has 0 aliphatic heterocycles. The molecule has 0 fully saturated rings. The molecule has 1 unspecified atom stereocenters. The molecule has 96 valence electrons. The third-order valence-electron chi connectivity index (χ3n) is 2.77. The molecule has 1 atom stereocenters. The summed E-state index contributed by atoms with van der Waals surface area (Å²) in [5.74, 6) is 0.0118. The zero-order chi connectivity index (χ0) is 12.1. The van der Waals surface area contributed by atoms with E-state index in [1.54, 1.807) is 0 Å². The average Bonchev–Trinajstić information content (AvgIpc) is 2.25. The Balaban J connectivity index is 0.00000256. The molecule has 0 spiro atoms. The Labute approximate surface area is 109 Å². The Morgan fingerprint density at radius 2 is 1.82 bits per heavy atom. The van der Waals surface area contributed by atoms with E-state index < -0.39 is 0 Å². The SMILES string of the molecule is CNC(C)CNC(=O)c1c(C)cccc1C.Cl. The highest BCUT2D eigenvalue weighted by molar-refractivity contribution is 5.97. The lowest BCUT2D eigenvalue weighted by molar-refractivity contribution is 0.0949. The van der Waals surface area contributed by atoms with Crippen LogP contribution in [0, 0.1) is 13.8 Å². The van der Waals surface area contributed by atoms with Crippen LogP contribution in [-0.2, 0) is 0 Å². The molecular weight excluding hydrogens is 236 g/mol. The largest absolute Gasteiger partial charge is 0.350 e. The van der Waals surface area contributed by atoms with E-state index in [1.165, 1.54) is 0 Å². The van der Waals surface area contributed by atoms with Crippen molar-refractivity contribution in [2.75, 3.05) is 13.6 Å². The summed E-state index contributed by atoms with van der Waals surface area (Å²) in [6, 6.07) is 6.18. The Kier molecular flexibility index (Phi) is 6.85. The van der Waals surface area contributed by atoms with E-state index in [4.69, 9.17) is 0 Å². The summed E-state index contributed by atoms with van der Waals surface area (Å²) in [5, 5.41) is 6.02. The number of hydrogen-bond donors (Lipinski definition) is 2. The van der Waals surface area contributed by atoms with E-state index in [2.05, 4.69) is 10.6 Å². The fourth-order valence-corrected chi connectivity index (χ4v) is 1.61. The molecular formula is C13H21ClN2O. The molecule has 0 saturated heterocycles. The van der Waals surface area contributed by atoms with Crippen molar-refractivity contribution in [2.45, 2.75) is 26.8 Å². The molecule has 1 rings (SSSR count). The third kappa shape index (κ3) is 4.36. The summed E-state index contributed by atoms with van der Waals surface area (Å²) < 4.78 is 0. The van der Waals surface area contributed by atoms with Crippen LogP contribution < -0.4 is 10.6 Å². The first kappa shape index (κ1) is 15.9. The normalized spacial score (nSPS) is 11.5. The second-order valence-corrected chi connectivity index (χ2v) is 4.17. The van der Waals surface area contributed by atoms with Gasteiger partial charge in [0, 0.05) is 18.2 Å². The van der Waals surface area contributed by atoms with Gasteiger partial charge < -0.3 is 10.6 Å². The smallest absolute Gasteiger partial charge is 0.251 e. The first-order valence-corrected chi connectivity index (χ1v) is 5.58. The number of benzene rings is 1. The van der Waals surface area contributed by atoms with Gasteiger partial charge in [-0.05, 0) is 38.9 Å². The van der Waals surface area contributed by atoms with Crippen molar-refractivity contribution in [2.24, 2.45) is 0 Å². The van der Waals surface area contributed by atoms with Gasteiger partial charge in [-0.25, -0.2) is 0 Å². The first-order chi connectivity index (χ1) is 7.56. The minimum absolute atomic E-state index is 0. The maximum absolute atomic E-state index is 12.0. The van der Waals surface area contributed by atoms with Gasteiger partial charge in [0.25, 0.3) is 5.91 Å². The van der Waals surface area contributed by atoms with Crippen molar-refractivity contribution in [1.82, 2.24) is 10.6 Å². The van der Waals surface area contributed by atoms with Gasteiger partial charge in [0.1, 0.15) is 0 Å². The topological polar surface area (TPSA) is 41.1 Å². The summed E-state index contributed by atoms with van der Waals surface area (Å²) in [6.07, 6.45) is 0. The van der Waals surface area contributed by atoms with E-state index in [0.717, 1.165) is 16.7 Å². The summed E-state index contributed by atoms with van der Waals surface area (Å²) in [5.41, 5.74) is 2.84. The molecule has 4 heteroatoms. The van der Waals surface area contributed by atoms with Crippen molar-refractivity contribution >= 4 is 18.3 Å². The zero-order valence-corrected chi connectivity index (χ0v) is 11.6. The van der Waals surface area contributed by atoms with Gasteiger partial charge >= 0.3 is 0 Å². The Morgan fingerprint density at radius 1 is 1.29 bits per heavy atom. The quantitative estimate of drug-likeness (QED) is 0.866. The average molecular weight is 257 g/mol. The maximum Gasteiger partial charge on any atom is 0.251 e. The van der Waals surface area contributed by atoms with Gasteiger partial charge in [-0.1, -0.05) is 18.2 Å². The van der Waals surface area contributed by atoms with E-state index in [9.17, 15) is 4.79 Å². The lowest BCUT2D eigenvalue weighted by Crippen LogP contribution is -2.37. The molecule has 1 amide bonds. The maximum atomic E-state index is 12.0. The number of likely N-dealkylation sites (N-methyl/N-ethyl adjacent to an activating group) is 1. The molecule has 0 bridgehead atoms. The number of carbonyl (C=O) groups excluding carboxylic acids is 1. The van der Waals surface area contributed by atoms with Crippen molar-refractivity contribution in [3.63, 3.8) is 0 Å². The zero-order valence-electron chi connectivity index (χ0n) is 10.8. The van der Waals surface area contributed by atoms with Crippen molar-refractivity contribution < 1.29 is 4.79 Å². The number of carbonyl (C=O) groups is 1. The summed E-state index contributed by atoms with van der Waals surface area (Å²) in [6.45, 7) is 6.60. The van der Waals surface area contributed by atoms with E-state index in [1.807, 2.05) is 46.0 Å². The number of nitrogens with one attached hydrogen (secondary N) is 2. The summed E-state index contributed by atoms with van der Waals surface area (Å²) in [4.78, 5) is 12.0. The van der Waals surface area contributed by atoms with E-state index in [-0.39, 0.29) is 24.4 Å². The van der Waals surface area contributed by atoms with Gasteiger partial charge in [-0.15, -0.1) is 12.4 Å². The second kappa shape index (κ2) is 7.30. The minimum Gasteiger partial charge on any atom is -0.350 e. The Bertz CT molecular complexity index is 359. The molecule has 0 radical (unpaired) electrons. The molecule has 17 heavy (non-hydrogen) atoms. The number of halogens is 1. The Hall–Kier alpha value is -1.06. The van der Waals surface area contributed by atoms with Crippen LogP contribution in [0.1, 0.15) is 28.4 Å². The van der Waals surface area contributed by atoms with Gasteiger partial charge in [-0.3, -0.25) is 4.79 Å². The number of rotatable bonds is 4. The molecule has 1 aromatic carbocycles. The van der Waals surface area contributed by atoms with Crippen molar-refractivity contribution in [3.8, 4) is 0 Å². The molecule has 0 aromatic heterocycles. The van der Waals surface area contributed by atoms with Gasteiger partial charge in [0.15, 0.2) is 0 Å². The van der Waals surface area contributed by atoms with Crippen LogP contribution in [0.15, 0.2) is 18.2 Å². The predicted molar refractivity (Wildman–Crippen MR) is 74.0 cm³/mol. The number of amides is 1. The highest BCUT2D eigenvalue weighted by Gasteiger charge is 2.11. The summed E-state index contributed by atoms with van der Waals surface area (Å²) in [7, 11) is 1.88. The van der Waals surface area contributed by atoms with Crippen molar-refractivity contribution in [3.05, 3.63) is 34.9 Å². The predicted octanol–water partition coefficient (Wildman–Crippen LogP) is 2.06. The molecule has 1 aromatic rings. The lowest BCUT2D eigenvalue weighted by Gasteiger charge is -2.13. The fourth-order valence-electron chi connectivity index (χ4n) is 1.61. The van der Waals surface area contributed by atoms with Crippen LogP contribution in [0.5, 0.6) is 0 Å². The minimum atomic E-state index is 0. The van der Waals surface area contributed by atoms with E-state index >= 15 is 0 Å². The third-order valence-corrected chi connectivity index (χ3v) is 2.77. The monoisotopic (exact) mass is 256 g/mol. The molecule has 2 N–H and O–H groups in total. The van der Waals surface area contributed by atoms with Gasteiger partial charge in [-0.2, -0.15) is 0 Å². The van der Waals surface area contributed by atoms with E-state index in [0.29, 0.717) is 6.54 Å². The van der Waals surface area contributed by atoms with Crippen LogP contribution in [0.2, 0.25) is 0 Å². The second-order valence-electron chi connectivity index (χ2n) is 4.17. The molecule has 0 saturated carbocycles. The first-order valence-electron chi connectivity index (χ1n) is 5.58. The van der Waals surface area contributed by atoms with Gasteiger partial charge in [0.2, 0.25) is 0 Å². The molecule has 3 nitrogen and oxygen atoms in total. The molecule has 0 aliphatic carbocycles. The highest BCUT2D eigenvalue weighted by atomic mass is 35.5. The lowest BCUT2D eigenvalue weighted by atomic mass is 10.0. The summed E-state index contributed by atoms with van der Waals surface area (Å²) >= 11 is 0. The van der Waals surface area contributed by atoms with Crippen molar-refractivity contribution in [1.29, 1.82) is 0 Å². The highest BCUT2D eigenvalue weighted by Crippen LogP contribution is 2.12. The fraction of sp³-hybridized carbons (Fsp3) is 0.462. The van der Waals surface area contributed by atoms with Gasteiger partial charge in [0.05, 0.1) is 0 Å². The molecule has 0 heterocycles. The van der Waals surface area contributed by atoms with Crippen LogP contribution in [-0.4, -0.2) is 25.5 Å². The van der Waals surface area contributed by atoms with Crippen LogP contribution >= 0.6 is 12.4 Å².